The van der Waals surface area contributed by atoms with Gasteiger partial charge in [-0.1, -0.05) is 32.0 Å². The molecule has 1 N–H and O–H groups in total. The van der Waals surface area contributed by atoms with Crippen LogP contribution in [-0.4, -0.2) is 10.9 Å². The molecule has 100 valence electrons. The van der Waals surface area contributed by atoms with Crippen molar-refractivity contribution < 1.29 is 9.21 Å². The molecular weight excluding hydrogens is 240 g/mol. The van der Waals surface area contributed by atoms with E-state index >= 15 is 0 Å². The summed E-state index contributed by atoms with van der Waals surface area (Å²) in [6.45, 7) is 7.89. The number of hydrogen-bond acceptors (Lipinski definition) is 3. The first-order valence-corrected chi connectivity index (χ1v) is 6.31. The maximum Gasteiger partial charge on any atom is 0.293 e. The number of carbonyl (C=O) groups is 1. The third-order valence-electron chi connectivity index (χ3n) is 3.07. The van der Waals surface area contributed by atoms with Crippen LogP contribution in [0.2, 0.25) is 0 Å². The normalized spacial score (nSPS) is 10.8. The number of para-hydroxylation sites is 1. The van der Waals surface area contributed by atoms with E-state index in [0.29, 0.717) is 5.69 Å². The minimum absolute atomic E-state index is 0.150. The number of anilines is 1. The van der Waals surface area contributed by atoms with Gasteiger partial charge in [-0.05, 0) is 30.9 Å². The molecule has 0 saturated carbocycles. The summed E-state index contributed by atoms with van der Waals surface area (Å²) in [4.78, 5) is 16.4. The van der Waals surface area contributed by atoms with Crippen LogP contribution in [-0.2, 0) is 0 Å². The predicted molar refractivity (Wildman–Crippen MR) is 74.5 cm³/mol. The highest BCUT2D eigenvalue weighted by Crippen LogP contribution is 2.22. The van der Waals surface area contributed by atoms with E-state index in [2.05, 4.69) is 10.3 Å². The van der Waals surface area contributed by atoms with Gasteiger partial charge in [0.2, 0.25) is 5.76 Å². The topological polar surface area (TPSA) is 55.1 Å². The van der Waals surface area contributed by atoms with Gasteiger partial charge in [0.15, 0.2) is 6.39 Å². The predicted octanol–water partition coefficient (Wildman–Crippen LogP) is 3.67. The summed E-state index contributed by atoms with van der Waals surface area (Å²) >= 11 is 0. The molecule has 1 amide bonds. The van der Waals surface area contributed by atoms with Crippen molar-refractivity contribution in [1.29, 1.82) is 0 Å². The monoisotopic (exact) mass is 258 g/mol. The fraction of sp³-hybridized carbons (Fsp3) is 0.333. The highest BCUT2D eigenvalue weighted by molar-refractivity contribution is 6.03. The van der Waals surface area contributed by atoms with Gasteiger partial charge < -0.3 is 9.73 Å². The molecule has 0 bridgehead atoms. The molecule has 0 aliphatic rings. The molecule has 1 aromatic carbocycles. The number of amides is 1. The average molecular weight is 258 g/mol. The average Bonchev–Trinajstić information content (AvgIpc) is 2.83. The summed E-state index contributed by atoms with van der Waals surface area (Å²) in [5.74, 6) is 0.189. The van der Waals surface area contributed by atoms with Crippen LogP contribution >= 0.6 is 0 Å². The smallest absolute Gasteiger partial charge is 0.293 e. The van der Waals surface area contributed by atoms with Crippen LogP contribution in [0.4, 0.5) is 5.69 Å². The van der Waals surface area contributed by atoms with Gasteiger partial charge >= 0.3 is 0 Å². The zero-order valence-corrected chi connectivity index (χ0v) is 11.7. The highest BCUT2D eigenvalue weighted by Gasteiger charge is 2.20. The minimum Gasteiger partial charge on any atom is -0.438 e. The second-order valence-electron chi connectivity index (χ2n) is 4.94. The van der Waals surface area contributed by atoms with Gasteiger partial charge in [0.05, 0.1) is 5.69 Å². The largest absolute Gasteiger partial charge is 0.438 e. The molecule has 19 heavy (non-hydrogen) atoms. The molecule has 1 heterocycles. The number of benzene rings is 1. The zero-order valence-electron chi connectivity index (χ0n) is 11.7. The number of aromatic nitrogens is 1. The molecule has 0 spiro atoms. The van der Waals surface area contributed by atoms with E-state index < -0.39 is 0 Å². The first-order valence-electron chi connectivity index (χ1n) is 6.31. The number of rotatable bonds is 3. The van der Waals surface area contributed by atoms with Gasteiger partial charge in [-0.3, -0.25) is 4.79 Å². The molecule has 0 unspecified atom stereocenters. The van der Waals surface area contributed by atoms with Crippen molar-refractivity contribution in [2.75, 3.05) is 5.32 Å². The summed E-state index contributed by atoms with van der Waals surface area (Å²) in [5, 5.41) is 2.90. The lowest BCUT2D eigenvalue weighted by Gasteiger charge is -2.11. The van der Waals surface area contributed by atoms with E-state index in [-0.39, 0.29) is 17.6 Å². The maximum absolute atomic E-state index is 12.3. The molecular formula is C15H18N2O2. The molecule has 0 aliphatic carbocycles. The van der Waals surface area contributed by atoms with Crippen LogP contribution in [0.3, 0.4) is 0 Å². The molecule has 0 atom stereocenters. The molecule has 0 radical (unpaired) electrons. The number of nitrogens with one attached hydrogen (secondary N) is 1. The number of oxazole rings is 1. The van der Waals surface area contributed by atoms with Crippen LogP contribution in [0.1, 0.15) is 47.1 Å². The Labute approximate surface area is 112 Å². The Bertz CT molecular complexity index is 580. The second-order valence-corrected chi connectivity index (χ2v) is 4.94. The van der Waals surface area contributed by atoms with Crippen LogP contribution in [0, 0.1) is 13.8 Å². The zero-order chi connectivity index (χ0) is 14.0. The van der Waals surface area contributed by atoms with Crippen molar-refractivity contribution in [3.8, 4) is 0 Å². The van der Waals surface area contributed by atoms with Crippen LogP contribution in [0.5, 0.6) is 0 Å². The van der Waals surface area contributed by atoms with E-state index in [4.69, 9.17) is 4.42 Å². The Morgan fingerprint density at radius 1 is 1.26 bits per heavy atom. The Hall–Kier alpha value is -2.10. The van der Waals surface area contributed by atoms with Crippen molar-refractivity contribution in [1.82, 2.24) is 4.98 Å². The third kappa shape index (κ3) is 2.67. The summed E-state index contributed by atoms with van der Waals surface area (Å²) in [7, 11) is 0. The van der Waals surface area contributed by atoms with Crippen LogP contribution in [0.15, 0.2) is 29.0 Å². The minimum atomic E-state index is -0.251. The van der Waals surface area contributed by atoms with Crippen LogP contribution in [0.25, 0.3) is 0 Å². The first-order chi connectivity index (χ1) is 9.00. The molecule has 4 nitrogen and oxygen atoms in total. The van der Waals surface area contributed by atoms with Gasteiger partial charge in [0, 0.05) is 5.69 Å². The summed E-state index contributed by atoms with van der Waals surface area (Å²) < 4.78 is 5.22. The van der Waals surface area contributed by atoms with E-state index in [1.54, 1.807) is 0 Å². The lowest BCUT2D eigenvalue weighted by Crippen LogP contribution is -2.15. The van der Waals surface area contributed by atoms with E-state index in [1.165, 1.54) is 6.39 Å². The van der Waals surface area contributed by atoms with E-state index in [1.807, 2.05) is 45.9 Å². The Morgan fingerprint density at radius 3 is 2.47 bits per heavy atom. The van der Waals surface area contributed by atoms with Gasteiger partial charge in [0.1, 0.15) is 0 Å². The van der Waals surface area contributed by atoms with E-state index in [0.717, 1.165) is 16.8 Å². The van der Waals surface area contributed by atoms with Gasteiger partial charge in [-0.2, -0.15) is 0 Å². The number of nitrogens with zero attached hydrogens (tertiary/aromatic N) is 1. The lowest BCUT2D eigenvalue weighted by atomic mass is 10.1. The molecule has 0 aliphatic heterocycles. The second kappa shape index (κ2) is 5.26. The van der Waals surface area contributed by atoms with Crippen molar-refractivity contribution in [2.24, 2.45) is 0 Å². The lowest BCUT2D eigenvalue weighted by molar-refractivity contribution is 0.0995. The number of aryl methyl sites for hydroxylation is 2. The fourth-order valence-corrected chi connectivity index (χ4v) is 2.02. The summed E-state index contributed by atoms with van der Waals surface area (Å²) in [6, 6.07) is 5.90. The first kappa shape index (κ1) is 13.3. The number of carbonyl (C=O) groups excluding carboxylic acids is 1. The fourth-order valence-electron chi connectivity index (χ4n) is 2.02. The van der Waals surface area contributed by atoms with Crippen molar-refractivity contribution >= 4 is 11.6 Å². The molecule has 1 aromatic heterocycles. The Kier molecular flexibility index (Phi) is 3.69. The van der Waals surface area contributed by atoms with Gasteiger partial charge in [0.25, 0.3) is 5.91 Å². The van der Waals surface area contributed by atoms with Crippen molar-refractivity contribution in [3.63, 3.8) is 0 Å². The van der Waals surface area contributed by atoms with Gasteiger partial charge in [-0.15, -0.1) is 0 Å². The SMILES string of the molecule is Cc1cccc(C)c1NC(=O)c1ocnc1C(C)C. The summed E-state index contributed by atoms with van der Waals surface area (Å²) in [6.07, 6.45) is 1.31. The van der Waals surface area contributed by atoms with Crippen molar-refractivity contribution in [2.45, 2.75) is 33.6 Å². The molecule has 2 rings (SSSR count). The Balaban J connectivity index is 2.29. The van der Waals surface area contributed by atoms with Crippen molar-refractivity contribution in [3.05, 3.63) is 47.2 Å². The molecule has 0 saturated heterocycles. The Morgan fingerprint density at radius 2 is 1.89 bits per heavy atom. The number of hydrogen-bond donors (Lipinski definition) is 1. The highest BCUT2D eigenvalue weighted by atomic mass is 16.3. The third-order valence-corrected chi connectivity index (χ3v) is 3.07. The van der Waals surface area contributed by atoms with E-state index in [9.17, 15) is 4.79 Å². The summed E-state index contributed by atoms with van der Waals surface area (Å²) in [5.41, 5.74) is 3.57. The maximum atomic E-state index is 12.3. The van der Waals surface area contributed by atoms with Gasteiger partial charge in [-0.25, -0.2) is 4.98 Å². The molecule has 0 fully saturated rings. The quantitative estimate of drug-likeness (QED) is 0.913. The van der Waals surface area contributed by atoms with Crippen LogP contribution < -0.4 is 5.32 Å². The molecule has 2 aromatic rings. The molecule has 4 heteroatoms. The standard InChI is InChI=1S/C15H18N2O2/c1-9(2)12-14(19-8-16-12)15(18)17-13-10(3)6-5-7-11(13)4/h5-9H,1-4H3,(H,17,18).